The summed E-state index contributed by atoms with van der Waals surface area (Å²) in [6, 6.07) is 8.94. The largest absolute Gasteiger partial charge is 0.304 e. The Morgan fingerprint density at radius 3 is 2.15 bits per heavy atom. The predicted octanol–water partition coefficient (Wildman–Crippen LogP) is 3.24. The molecule has 0 unspecified atom stereocenters. The van der Waals surface area contributed by atoms with E-state index in [2.05, 4.69) is 74.0 Å². The highest BCUT2D eigenvalue weighted by atomic mass is 15.2. The Morgan fingerprint density at radius 2 is 1.60 bits per heavy atom. The summed E-state index contributed by atoms with van der Waals surface area (Å²) in [7, 11) is 2.20. The van der Waals surface area contributed by atoms with Gasteiger partial charge < -0.3 is 4.90 Å². The molecule has 110 valence electrons. The monoisotopic (exact) mass is 272 g/mol. The molecule has 1 saturated heterocycles. The maximum absolute atomic E-state index is 2.51. The van der Waals surface area contributed by atoms with Crippen LogP contribution in [0.4, 0.5) is 0 Å². The average Bonchev–Trinajstić information content (AvgIpc) is 2.41. The van der Waals surface area contributed by atoms with E-state index < -0.39 is 0 Å². The highest BCUT2D eigenvalue weighted by molar-refractivity contribution is 5.50. The third kappa shape index (κ3) is 4.46. The molecule has 0 bridgehead atoms. The second-order valence-electron chi connectivity index (χ2n) is 6.88. The Morgan fingerprint density at radius 1 is 1.00 bits per heavy atom. The molecule has 0 spiro atoms. The van der Waals surface area contributed by atoms with Crippen LogP contribution >= 0.6 is 0 Å². The van der Waals surface area contributed by atoms with Gasteiger partial charge in [-0.1, -0.05) is 57.2 Å². The van der Waals surface area contributed by atoms with Gasteiger partial charge >= 0.3 is 0 Å². The van der Waals surface area contributed by atoms with Gasteiger partial charge in [-0.05, 0) is 23.6 Å². The van der Waals surface area contributed by atoms with Crippen molar-refractivity contribution in [2.75, 3.05) is 39.8 Å². The summed E-state index contributed by atoms with van der Waals surface area (Å²) in [4.78, 5) is 4.91. The third-order valence-corrected chi connectivity index (χ3v) is 4.05. The molecule has 0 N–H and O–H groups in total. The number of piperazine rings is 1. The summed E-state index contributed by atoms with van der Waals surface area (Å²) in [5, 5.41) is 0. The van der Waals surface area contributed by atoms with E-state index in [1.54, 1.807) is 0 Å². The van der Waals surface area contributed by atoms with Crippen LogP contribution in [0.25, 0.3) is 6.08 Å². The fourth-order valence-electron chi connectivity index (χ4n) is 2.46. The van der Waals surface area contributed by atoms with Gasteiger partial charge in [-0.15, -0.1) is 0 Å². The van der Waals surface area contributed by atoms with Gasteiger partial charge in [0.25, 0.3) is 0 Å². The molecule has 2 rings (SSSR count). The lowest BCUT2D eigenvalue weighted by atomic mass is 9.87. The molecule has 20 heavy (non-hydrogen) atoms. The summed E-state index contributed by atoms with van der Waals surface area (Å²) in [6.45, 7) is 12.6. The number of hydrogen-bond acceptors (Lipinski definition) is 2. The average molecular weight is 272 g/mol. The van der Waals surface area contributed by atoms with Crippen molar-refractivity contribution >= 4 is 6.08 Å². The maximum Gasteiger partial charge on any atom is 0.0167 e. The molecule has 1 aliphatic rings. The number of nitrogens with zero attached hydrogens (tertiary/aromatic N) is 2. The van der Waals surface area contributed by atoms with Crippen LogP contribution in [0.3, 0.4) is 0 Å². The van der Waals surface area contributed by atoms with Crippen LogP contribution in [0.1, 0.15) is 31.9 Å². The van der Waals surface area contributed by atoms with Gasteiger partial charge in [0.05, 0.1) is 0 Å². The predicted molar refractivity (Wildman–Crippen MR) is 88.1 cm³/mol. The fraction of sp³-hybridized carbons (Fsp3) is 0.556. The van der Waals surface area contributed by atoms with E-state index in [1.165, 1.54) is 37.3 Å². The number of hydrogen-bond donors (Lipinski definition) is 0. The quantitative estimate of drug-likeness (QED) is 0.833. The van der Waals surface area contributed by atoms with E-state index in [-0.39, 0.29) is 5.41 Å². The van der Waals surface area contributed by atoms with E-state index in [4.69, 9.17) is 0 Å². The summed E-state index contributed by atoms with van der Waals surface area (Å²) in [6.07, 6.45) is 4.53. The second kappa shape index (κ2) is 6.55. The van der Waals surface area contributed by atoms with Crippen molar-refractivity contribution < 1.29 is 0 Å². The van der Waals surface area contributed by atoms with Crippen LogP contribution in [0, 0.1) is 0 Å². The molecule has 1 aliphatic heterocycles. The first-order valence-electron chi connectivity index (χ1n) is 7.63. The zero-order valence-corrected chi connectivity index (χ0v) is 13.4. The summed E-state index contributed by atoms with van der Waals surface area (Å²) in [5.41, 5.74) is 2.93. The van der Waals surface area contributed by atoms with Gasteiger partial charge in [0.15, 0.2) is 0 Å². The molecule has 0 amide bonds. The van der Waals surface area contributed by atoms with Gasteiger partial charge in [0.2, 0.25) is 0 Å². The summed E-state index contributed by atoms with van der Waals surface area (Å²) < 4.78 is 0. The van der Waals surface area contributed by atoms with Crippen molar-refractivity contribution in [2.45, 2.75) is 26.2 Å². The van der Waals surface area contributed by atoms with Gasteiger partial charge in [-0.2, -0.15) is 0 Å². The Kier molecular flexibility index (Phi) is 5.00. The van der Waals surface area contributed by atoms with Crippen molar-refractivity contribution in [1.82, 2.24) is 9.80 Å². The SMILES string of the molecule is CN1CCN(C/C=C/c2ccc(C(C)(C)C)cc2)CC1. The van der Waals surface area contributed by atoms with Crippen LogP contribution < -0.4 is 0 Å². The first-order valence-corrected chi connectivity index (χ1v) is 7.63. The van der Waals surface area contributed by atoms with Gasteiger partial charge in [-0.3, -0.25) is 4.90 Å². The molecule has 2 nitrogen and oxygen atoms in total. The lowest BCUT2D eigenvalue weighted by Crippen LogP contribution is -2.44. The van der Waals surface area contributed by atoms with Crippen molar-refractivity contribution in [3.63, 3.8) is 0 Å². The van der Waals surface area contributed by atoms with Crippen molar-refractivity contribution in [3.05, 3.63) is 41.5 Å². The Balaban J connectivity index is 1.85. The minimum absolute atomic E-state index is 0.238. The van der Waals surface area contributed by atoms with Crippen molar-refractivity contribution in [1.29, 1.82) is 0 Å². The normalized spacial score (nSPS) is 18.8. The third-order valence-electron chi connectivity index (χ3n) is 4.05. The summed E-state index contributed by atoms with van der Waals surface area (Å²) >= 11 is 0. The molecule has 0 atom stereocenters. The number of benzene rings is 1. The van der Waals surface area contributed by atoms with E-state index in [1.807, 2.05) is 0 Å². The standard InChI is InChI=1S/C18H28N2/c1-18(2,3)17-9-7-16(8-10-17)6-5-11-20-14-12-19(4)13-15-20/h5-10H,11-15H2,1-4H3/b6-5+. The zero-order chi connectivity index (χ0) is 14.6. The lowest BCUT2D eigenvalue weighted by Gasteiger charge is -2.31. The molecule has 0 radical (unpaired) electrons. The Labute approximate surface area is 124 Å². The molecule has 1 aromatic rings. The van der Waals surface area contributed by atoms with Crippen LogP contribution in [0.5, 0.6) is 0 Å². The molecule has 2 heteroatoms. The molecule has 0 aromatic heterocycles. The van der Waals surface area contributed by atoms with Gasteiger partial charge in [0, 0.05) is 32.7 Å². The fourth-order valence-corrected chi connectivity index (χ4v) is 2.46. The van der Waals surface area contributed by atoms with Crippen LogP contribution in [-0.2, 0) is 5.41 Å². The van der Waals surface area contributed by atoms with Crippen molar-refractivity contribution in [2.24, 2.45) is 0 Å². The van der Waals surface area contributed by atoms with Crippen LogP contribution in [0.2, 0.25) is 0 Å². The maximum atomic E-state index is 2.51. The van der Waals surface area contributed by atoms with Crippen LogP contribution in [0.15, 0.2) is 30.3 Å². The topological polar surface area (TPSA) is 6.48 Å². The first-order chi connectivity index (χ1) is 9.45. The Bertz CT molecular complexity index is 431. The zero-order valence-electron chi connectivity index (χ0n) is 13.4. The van der Waals surface area contributed by atoms with E-state index in [0.717, 1.165) is 6.54 Å². The molecular formula is C18H28N2. The minimum atomic E-state index is 0.238. The molecule has 1 fully saturated rings. The van der Waals surface area contributed by atoms with Crippen molar-refractivity contribution in [3.8, 4) is 0 Å². The highest BCUT2D eigenvalue weighted by Crippen LogP contribution is 2.22. The smallest absolute Gasteiger partial charge is 0.0167 e. The molecule has 1 heterocycles. The summed E-state index contributed by atoms with van der Waals surface area (Å²) in [5.74, 6) is 0. The molecular weight excluding hydrogens is 244 g/mol. The molecule has 1 aromatic carbocycles. The first kappa shape index (κ1) is 15.3. The molecule has 0 aliphatic carbocycles. The molecule has 0 saturated carbocycles. The Hall–Kier alpha value is -1.12. The highest BCUT2D eigenvalue weighted by Gasteiger charge is 2.13. The van der Waals surface area contributed by atoms with Gasteiger partial charge in [-0.25, -0.2) is 0 Å². The lowest BCUT2D eigenvalue weighted by molar-refractivity contribution is 0.167. The number of rotatable bonds is 3. The van der Waals surface area contributed by atoms with Crippen LogP contribution in [-0.4, -0.2) is 49.6 Å². The van der Waals surface area contributed by atoms with E-state index in [9.17, 15) is 0 Å². The van der Waals surface area contributed by atoms with E-state index in [0.29, 0.717) is 0 Å². The van der Waals surface area contributed by atoms with E-state index >= 15 is 0 Å². The minimum Gasteiger partial charge on any atom is -0.304 e. The second-order valence-corrected chi connectivity index (χ2v) is 6.88. The number of likely N-dealkylation sites (N-methyl/N-ethyl adjacent to an activating group) is 1. The van der Waals surface area contributed by atoms with Gasteiger partial charge in [0.1, 0.15) is 0 Å².